The highest BCUT2D eigenvalue weighted by atomic mass is 16.6. The van der Waals surface area contributed by atoms with Gasteiger partial charge in [-0.1, -0.05) is 30.3 Å². The number of ether oxygens (including phenoxy) is 14. The van der Waals surface area contributed by atoms with Crippen LogP contribution in [-0.2, 0) is 72.9 Å². The Morgan fingerprint density at radius 2 is 0.667 bits per heavy atom. The van der Waals surface area contributed by atoms with E-state index in [0.717, 1.165) is 5.56 Å². The molecule has 16 nitrogen and oxygen atoms in total. The van der Waals surface area contributed by atoms with Gasteiger partial charge in [0.1, 0.15) is 5.60 Å². The predicted molar refractivity (Wildman–Crippen MR) is 200 cm³/mol. The van der Waals surface area contributed by atoms with Crippen LogP contribution in [0.1, 0.15) is 26.3 Å². The van der Waals surface area contributed by atoms with Crippen LogP contribution in [0.5, 0.6) is 0 Å². The van der Waals surface area contributed by atoms with Crippen LogP contribution in [0.15, 0.2) is 30.3 Å². The Morgan fingerprint density at radius 1 is 0.407 bits per heavy atom. The van der Waals surface area contributed by atoms with Crippen molar-refractivity contribution in [3.8, 4) is 0 Å². The van der Waals surface area contributed by atoms with Crippen LogP contribution in [-0.4, -0.2) is 183 Å². The van der Waals surface area contributed by atoms with Crippen molar-refractivity contribution in [3.05, 3.63) is 35.9 Å². The number of amides is 1. The smallest absolute Gasteiger partial charge is 0.407 e. The summed E-state index contributed by atoms with van der Waals surface area (Å²) in [7, 11) is 0. The standard InChI is InChI=1S/C38H69NO15/c1-38(2,3)54-37(40)39-9-10-41-11-12-42-13-14-43-15-16-44-17-18-45-19-20-46-21-22-47-23-24-48-25-26-49-27-28-50-29-30-51-31-32-52-33-34-53-35-36-7-5-4-6-8-36/h4-8H,9-35H2,1-3H3,(H,39,40). The molecule has 1 amide bonds. The van der Waals surface area contributed by atoms with E-state index in [9.17, 15) is 4.79 Å². The lowest BCUT2D eigenvalue weighted by atomic mass is 10.2. The first-order valence-corrected chi connectivity index (χ1v) is 19.0. The second-order valence-corrected chi connectivity index (χ2v) is 12.3. The van der Waals surface area contributed by atoms with Gasteiger partial charge in [-0.15, -0.1) is 0 Å². The fourth-order valence-electron chi connectivity index (χ4n) is 3.94. The van der Waals surface area contributed by atoms with Crippen LogP contribution in [0.3, 0.4) is 0 Å². The minimum atomic E-state index is -0.514. The van der Waals surface area contributed by atoms with Crippen molar-refractivity contribution in [3.63, 3.8) is 0 Å². The summed E-state index contributed by atoms with van der Waals surface area (Å²) in [6.07, 6.45) is -0.454. The third-order valence-electron chi connectivity index (χ3n) is 6.49. The summed E-state index contributed by atoms with van der Waals surface area (Å²) in [4.78, 5) is 11.5. The molecule has 0 saturated carbocycles. The van der Waals surface area contributed by atoms with Crippen LogP contribution in [0.2, 0.25) is 0 Å². The molecule has 0 aliphatic rings. The first kappa shape index (κ1) is 50.0. The predicted octanol–water partition coefficient (Wildman–Crippen LogP) is 2.93. The van der Waals surface area contributed by atoms with Gasteiger partial charge < -0.3 is 71.6 Å². The van der Waals surface area contributed by atoms with Crippen molar-refractivity contribution in [2.24, 2.45) is 0 Å². The fraction of sp³-hybridized carbons (Fsp3) is 0.816. The Kier molecular flexibility index (Phi) is 36.3. The van der Waals surface area contributed by atoms with Gasteiger partial charge >= 0.3 is 6.09 Å². The maximum absolute atomic E-state index is 11.5. The minimum absolute atomic E-state index is 0.381. The summed E-state index contributed by atoms with van der Waals surface area (Å²) in [5.41, 5.74) is 0.641. The number of hydrogen-bond acceptors (Lipinski definition) is 15. The summed E-state index contributed by atoms with van der Waals surface area (Å²) in [6, 6.07) is 10.1. The molecule has 1 N–H and O–H groups in total. The van der Waals surface area contributed by atoms with Crippen molar-refractivity contribution >= 4 is 6.09 Å². The van der Waals surface area contributed by atoms with E-state index in [4.69, 9.17) is 66.3 Å². The number of carbonyl (C=O) groups is 1. The summed E-state index contributed by atoms with van der Waals surface area (Å²) >= 11 is 0. The second-order valence-electron chi connectivity index (χ2n) is 12.3. The molecule has 1 rings (SSSR count). The van der Waals surface area contributed by atoms with Crippen LogP contribution >= 0.6 is 0 Å². The zero-order valence-corrected chi connectivity index (χ0v) is 33.1. The van der Waals surface area contributed by atoms with Crippen LogP contribution in [0.4, 0.5) is 4.79 Å². The largest absolute Gasteiger partial charge is 0.444 e. The molecule has 54 heavy (non-hydrogen) atoms. The number of nitrogens with one attached hydrogen (secondary N) is 1. The van der Waals surface area contributed by atoms with E-state index >= 15 is 0 Å². The van der Waals surface area contributed by atoms with Gasteiger partial charge in [-0.25, -0.2) is 4.79 Å². The zero-order valence-electron chi connectivity index (χ0n) is 33.1. The molecule has 0 bridgehead atoms. The molecule has 16 heteroatoms. The normalized spacial score (nSPS) is 11.7. The fourth-order valence-corrected chi connectivity index (χ4v) is 3.94. The van der Waals surface area contributed by atoms with Crippen molar-refractivity contribution in [1.29, 1.82) is 0 Å². The van der Waals surface area contributed by atoms with Crippen LogP contribution in [0, 0.1) is 0 Å². The Labute approximate surface area is 322 Å². The van der Waals surface area contributed by atoms with Crippen molar-refractivity contribution in [2.75, 3.05) is 172 Å². The molecule has 0 heterocycles. The van der Waals surface area contributed by atoms with Gasteiger partial charge in [0, 0.05) is 6.54 Å². The van der Waals surface area contributed by atoms with E-state index in [2.05, 4.69) is 5.32 Å². The monoisotopic (exact) mass is 779 g/mol. The van der Waals surface area contributed by atoms with E-state index in [1.807, 2.05) is 51.1 Å². The molecule has 0 spiro atoms. The Bertz CT molecular complexity index is 911. The average molecular weight is 780 g/mol. The molecule has 0 aromatic heterocycles. The molecule has 0 aliphatic carbocycles. The third-order valence-corrected chi connectivity index (χ3v) is 6.49. The maximum Gasteiger partial charge on any atom is 0.407 e. The summed E-state index contributed by atoms with van der Waals surface area (Å²) in [5, 5.41) is 2.63. The van der Waals surface area contributed by atoms with E-state index in [0.29, 0.717) is 178 Å². The molecule has 0 saturated heterocycles. The van der Waals surface area contributed by atoms with Crippen LogP contribution in [0.25, 0.3) is 0 Å². The summed E-state index contributed by atoms with van der Waals surface area (Å²) in [5.74, 6) is 0. The average Bonchev–Trinajstić information content (AvgIpc) is 3.15. The zero-order chi connectivity index (χ0) is 38.9. The van der Waals surface area contributed by atoms with E-state index in [1.54, 1.807) is 0 Å². The summed E-state index contributed by atoms with van der Waals surface area (Å²) in [6.45, 7) is 18.8. The molecule has 0 fully saturated rings. The quantitative estimate of drug-likeness (QED) is 0.0967. The van der Waals surface area contributed by atoms with Crippen molar-refractivity contribution in [2.45, 2.75) is 33.0 Å². The van der Waals surface area contributed by atoms with Gasteiger partial charge in [-0.3, -0.25) is 0 Å². The van der Waals surface area contributed by atoms with Crippen molar-refractivity contribution in [1.82, 2.24) is 5.32 Å². The molecule has 0 atom stereocenters. The number of hydrogen-bond donors (Lipinski definition) is 1. The molecular weight excluding hydrogens is 710 g/mol. The van der Waals surface area contributed by atoms with Gasteiger partial charge in [-0.05, 0) is 26.3 Å². The highest BCUT2D eigenvalue weighted by molar-refractivity contribution is 5.67. The molecule has 1 aromatic carbocycles. The minimum Gasteiger partial charge on any atom is -0.444 e. The number of alkyl carbamates (subject to hydrolysis) is 1. The Hall–Kier alpha value is -2.03. The second kappa shape index (κ2) is 39.2. The molecule has 0 aliphatic heterocycles. The van der Waals surface area contributed by atoms with E-state index in [1.165, 1.54) is 0 Å². The number of carbonyl (C=O) groups excluding carboxylic acids is 1. The molecule has 0 unspecified atom stereocenters. The van der Waals surface area contributed by atoms with E-state index < -0.39 is 11.7 Å². The summed E-state index contributed by atoms with van der Waals surface area (Å²) < 4.78 is 76.4. The first-order valence-electron chi connectivity index (χ1n) is 19.0. The third kappa shape index (κ3) is 39.7. The lowest BCUT2D eigenvalue weighted by Gasteiger charge is -2.19. The first-order chi connectivity index (χ1) is 26.5. The lowest BCUT2D eigenvalue weighted by molar-refractivity contribution is -0.0291. The SMILES string of the molecule is CC(C)(C)OC(=O)NCCOCCOCCOCCOCCOCCOCCOCCOCCOCCOCCOCCOCCOCc1ccccc1. The lowest BCUT2D eigenvalue weighted by Crippen LogP contribution is -2.34. The van der Waals surface area contributed by atoms with Gasteiger partial charge in [-0.2, -0.15) is 0 Å². The Balaban J connectivity index is 1.62. The highest BCUT2D eigenvalue weighted by Crippen LogP contribution is 2.06. The molecule has 1 aromatic rings. The van der Waals surface area contributed by atoms with Crippen molar-refractivity contribution < 1.29 is 71.1 Å². The molecule has 316 valence electrons. The van der Waals surface area contributed by atoms with E-state index in [-0.39, 0.29) is 0 Å². The Morgan fingerprint density at radius 3 is 0.944 bits per heavy atom. The maximum atomic E-state index is 11.5. The van der Waals surface area contributed by atoms with Crippen LogP contribution < -0.4 is 5.32 Å². The van der Waals surface area contributed by atoms with Gasteiger partial charge in [0.2, 0.25) is 0 Å². The van der Waals surface area contributed by atoms with Gasteiger partial charge in [0.25, 0.3) is 0 Å². The topological polar surface area (TPSA) is 158 Å². The molecule has 0 radical (unpaired) electrons. The van der Waals surface area contributed by atoms with Gasteiger partial charge in [0.15, 0.2) is 0 Å². The number of rotatable bonds is 41. The highest BCUT2D eigenvalue weighted by Gasteiger charge is 2.15. The van der Waals surface area contributed by atoms with Gasteiger partial charge in [0.05, 0.1) is 172 Å². The number of benzene rings is 1. The molecular formula is C38H69NO15.